The smallest absolute Gasteiger partial charge is 0.287 e. The van der Waals surface area contributed by atoms with Crippen molar-refractivity contribution in [2.45, 2.75) is 6.92 Å². The molecule has 1 aromatic carbocycles. The Balaban J connectivity index is 2.14. The van der Waals surface area contributed by atoms with Crippen LogP contribution in [0.2, 0.25) is 0 Å². The average Bonchev–Trinajstić information content (AvgIpc) is 2.88. The summed E-state index contributed by atoms with van der Waals surface area (Å²) in [7, 11) is 1.58. The largest absolute Gasteiger partial charge is 0.451 e. The van der Waals surface area contributed by atoms with Crippen LogP contribution >= 0.6 is 0 Å². The molecule has 0 radical (unpaired) electrons. The normalized spacial score (nSPS) is 10.5. The first kappa shape index (κ1) is 14.1. The number of amides is 1. The molecule has 2 rings (SSSR count). The van der Waals surface area contributed by atoms with Crippen molar-refractivity contribution in [3.8, 4) is 11.3 Å². The van der Waals surface area contributed by atoms with Crippen LogP contribution in [0.15, 0.2) is 34.7 Å². The number of anilines is 1. The summed E-state index contributed by atoms with van der Waals surface area (Å²) in [6.45, 7) is 2.87. The lowest BCUT2D eigenvalue weighted by Gasteiger charge is -2.04. The number of rotatable bonds is 5. The highest BCUT2D eigenvalue weighted by atomic mass is 16.5. The molecule has 0 fully saturated rings. The minimum atomic E-state index is -0.249. The first-order valence-electron chi connectivity index (χ1n) is 6.35. The number of ether oxygens (including phenoxy) is 1. The zero-order chi connectivity index (χ0) is 14.5. The molecule has 2 aromatic rings. The van der Waals surface area contributed by atoms with Crippen molar-refractivity contribution in [2.75, 3.05) is 26.0 Å². The number of carbonyl (C=O) groups is 1. The molecule has 0 spiro atoms. The third-order valence-electron chi connectivity index (χ3n) is 2.94. The second-order valence-electron chi connectivity index (χ2n) is 4.49. The average molecular weight is 274 g/mol. The predicted octanol–water partition coefficient (Wildman–Crippen LogP) is 2.21. The van der Waals surface area contributed by atoms with Crippen LogP contribution in [0.3, 0.4) is 0 Å². The highest BCUT2D eigenvalue weighted by Gasteiger charge is 2.12. The number of benzene rings is 1. The second kappa shape index (κ2) is 6.25. The zero-order valence-electron chi connectivity index (χ0n) is 11.6. The molecule has 0 atom stereocenters. The SMILES string of the molecule is COCCNC(=O)c1ccc(-c2ccc(N)cc2C)o1. The van der Waals surface area contributed by atoms with Crippen molar-refractivity contribution in [1.82, 2.24) is 5.32 Å². The predicted molar refractivity (Wildman–Crippen MR) is 77.5 cm³/mol. The third kappa shape index (κ3) is 3.19. The fourth-order valence-electron chi connectivity index (χ4n) is 1.92. The van der Waals surface area contributed by atoms with Gasteiger partial charge in [0.1, 0.15) is 5.76 Å². The number of nitrogens with two attached hydrogens (primary N) is 1. The Bertz CT molecular complexity index is 605. The van der Waals surface area contributed by atoms with E-state index in [2.05, 4.69) is 5.32 Å². The van der Waals surface area contributed by atoms with Crippen LogP contribution in [0.1, 0.15) is 16.1 Å². The van der Waals surface area contributed by atoms with Gasteiger partial charge in [-0.1, -0.05) is 0 Å². The van der Waals surface area contributed by atoms with Gasteiger partial charge in [0.2, 0.25) is 0 Å². The fourth-order valence-corrected chi connectivity index (χ4v) is 1.92. The monoisotopic (exact) mass is 274 g/mol. The maximum atomic E-state index is 11.8. The van der Waals surface area contributed by atoms with Gasteiger partial charge in [0, 0.05) is 24.9 Å². The summed E-state index contributed by atoms with van der Waals surface area (Å²) in [5, 5.41) is 2.71. The number of hydrogen-bond acceptors (Lipinski definition) is 4. The summed E-state index contributed by atoms with van der Waals surface area (Å²) < 4.78 is 10.5. The topological polar surface area (TPSA) is 77.5 Å². The molecule has 3 N–H and O–H groups in total. The molecule has 0 saturated carbocycles. The van der Waals surface area contributed by atoms with Gasteiger partial charge >= 0.3 is 0 Å². The highest BCUT2D eigenvalue weighted by molar-refractivity contribution is 5.92. The van der Waals surface area contributed by atoms with Gasteiger partial charge in [-0.25, -0.2) is 0 Å². The third-order valence-corrected chi connectivity index (χ3v) is 2.94. The summed E-state index contributed by atoms with van der Waals surface area (Å²) in [5.74, 6) is 0.688. The van der Waals surface area contributed by atoms with E-state index in [9.17, 15) is 4.79 Å². The number of hydrogen-bond donors (Lipinski definition) is 2. The molecule has 20 heavy (non-hydrogen) atoms. The summed E-state index contributed by atoms with van der Waals surface area (Å²) in [5.41, 5.74) is 8.36. The van der Waals surface area contributed by atoms with Gasteiger partial charge in [-0.3, -0.25) is 4.79 Å². The first-order valence-corrected chi connectivity index (χ1v) is 6.35. The maximum Gasteiger partial charge on any atom is 0.287 e. The van der Waals surface area contributed by atoms with Crippen molar-refractivity contribution < 1.29 is 13.9 Å². The lowest BCUT2D eigenvalue weighted by atomic mass is 10.1. The van der Waals surface area contributed by atoms with E-state index in [-0.39, 0.29) is 11.7 Å². The van der Waals surface area contributed by atoms with E-state index >= 15 is 0 Å². The van der Waals surface area contributed by atoms with Crippen molar-refractivity contribution in [3.05, 3.63) is 41.7 Å². The van der Waals surface area contributed by atoms with Crippen LogP contribution in [-0.2, 0) is 4.74 Å². The van der Waals surface area contributed by atoms with Crippen molar-refractivity contribution in [3.63, 3.8) is 0 Å². The molecule has 0 bridgehead atoms. The van der Waals surface area contributed by atoms with E-state index in [1.165, 1.54) is 0 Å². The number of furan rings is 1. The molecule has 0 unspecified atom stereocenters. The fraction of sp³-hybridized carbons (Fsp3) is 0.267. The van der Waals surface area contributed by atoms with Gasteiger partial charge < -0.3 is 20.2 Å². The van der Waals surface area contributed by atoms with Gasteiger partial charge in [-0.2, -0.15) is 0 Å². The Labute approximate surface area is 117 Å². The van der Waals surface area contributed by atoms with E-state index < -0.39 is 0 Å². The van der Waals surface area contributed by atoms with Crippen molar-refractivity contribution in [2.24, 2.45) is 0 Å². The van der Waals surface area contributed by atoms with Gasteiger partial charge in [0.25, 0.3) is 5.91 Å². The van der Waals surface area contributed by atoms with Crippen molar-refractivity contribution in [1.29, 1.82) is 0 Å². The minimum absolute atomic E-state index is 0.249. The van der Waals surface area contributed by atoms with Gasteiger partial charge in [0.15, 0.2) is 5.76 Å². The minimum Gasteiger partial charge on any atom is -0.451 e. The molecule has 106 valence electrons. The Hall–Kier alpha value is -2.27. The molecule has 0 saturated heterocycles. The molecule has 5 heteroatoms. The zero-order valence-corrected chi connectivity index (χ0v) is 11.6. The highest BCUT2D eigenvalue weighted by Crippen LogP contribution is 2.26. The number of methoxy groups -OCH3 is 1. The Morgan fingerprint density at radius 1 is 1.35 bits per heavy atom. The second-order valence-corrected chi connectivity index (χ2v) is 4.49. The summed E-state index contributed by atoms with van der Waals surface area (Å²) in [6.07, 6.45) is 0. The summed E-state index contributed by atoms with van der Waals surface area (Å²) in [6, 6.07) is 9.01. The number of aryl methyl sites for hydroxylation is 1. The number of nitrogen functional groups attached to an aromatic ring is 1. The molecule has 5 nitrogen and oxygen atoms in total. The van der Waals surface area contributed by atoms with Crippen LogP contribution in [-0.4, -0.2) is 26.2 Å². The molecule has 1 aromatic heterocycles. The van der Waals surface area contributed by atoms with Crippen LogP contribution in [0.5, 0.6) is 0 Å². The summed E-state index contributed by atoms with van der Waals surface area (Å²) >= 11 is 0. The standard InChI is InChI=1S/C15H18N2O3/c1-10-9-11(16)3-4-12(10)13-5-6-14(20-13)15(18)17-7-8-19-2/h3-6,9H,7-8,16H2,1-2H3,(H,17,18). The quantitative estimate of drug-likeness (QED) is 0.647. The van der Waals surface area contributed by atoms with E-state index in [4.69, 9.17) is 14.9 Å². The Morgan fingerprint density at radius 2 is 2.15 bits per heavy atom. The first-order chi connectivity index (χ1) is 9.61. The van der Waals surface area contributed by atoms with E-state index in [0.717, 1.165) is 11.1 Å². The van der Waals surface area contributed by atoms with Gasteiger partial charge in [-0.15, -0.1) is 0 Å². The Morgan fingerprint density at radius 3 is 2.85 bits per heavy atom. The van der Waals surface area contributed by atoms with E-state index in [1.54, 1.807) is 19.2 Å². The van der Waals surface area contributed by atoms with Gasteiger partial charge in [0.05, 0.1) is 6.61 Å². The number of nitrogens with one attached hydrogen (secondary N) is 1. The van der Waals surface area contributed by atoms with E-state index in [1.807, 2.05) is 25.1 Å². The maximum absolute atomic E-state index is 11.8. The molecular formula is C15H18N2O3. The Kier molecular flexibility index (Phi) is 4.42. The molecular weight excluding hydrogens is 256 g/mol. The van der Waals surface area contributed by atoms with Crippen LogP contribution in [0.25, 0.3) is 11.3 Å². The molecule has 0 aliphatic heterocycles. The van der Waals surface area contributed by atoms with Crippen molar-refractivity contribution >= 4 is 11.6 Å². The van der Waals surface area contributed by atoms with E-state index in [0.29, 0.717) is 24.6 Å². The summed E-state index contributed by atoms with van der Waals surface area (Å²) in [4.78, 5) is 11.8. The van der Waals surface area contributed by atoms with Crippen LogP contribution < -0.4 is 11.1 Å². The lowest BCUT2D eigenvalue weighted by Crippen LogP contribution is -2.26. The lowest BCUT2D eigenvalue weighted by molar-refractivity contribution is 0.0910. The molecule has 1 amide bonds. The number of carbonyl (C=O) groups excluding carboxylic acids is 1. The van der Waals surface area contributed by atoms with Crippen LogP contribution in [0.4, 0.5) is 5.69 Å². The van der Waals surface area contributed by atoms with Crippen LogP contribution in [0, 0.1) is 6.92 Å². The molecule has 0 aliphatic rings. The molecule has 0 aliphatic carbocycles. The molecule has 1 heterocycles. The van der Waals surface area contributed by atoms with Gasteiger partial charge in [-0.05, 0) is 42.8 Å².